The number of amidine groups is 1. The van der Waals surface area contributed by atoms with Gasteiger partial charge >= 0.3 is 0 Å². The van der Waals surface area contributed by atoms with Gasteiger partial charge in [-0.3, -0.25) is 0 Å². The molecule has 0 unspecified atom stereocenters. The van der Waals surface area contributed by atoms with Gasteiger partial charge in [0.05, 0.1) is 11.5 Å². The van der Waals surface area contributed by atoms with Gasteiger partial charge in [0.15, 0.2) is 0 Å². The lowest BCUT2D eigenvalue weighted by Gasteiger charge is -2.07. The van der Waals surface area contributed by atoms with E-state index in [1.165, 1.54) is 5.57 Å². The molecule has 0 bridgehead atoms. The van der Waals surface area contributed by atoms with E-state index in [2.05, 4.69) is 24.1 Å². The van der Waals surface area contributed by atoms with Crippen LogP contribution >= 0.6 is 0 Å². The average Bonchev–Trinajstić information content (AvgIpc) is 2.27. The molecule has 2 nitrogen and oxygen atoms in total. The Balaban J connectivity index is 3.12. The van der Waals surface area contributed by atoms with Crippen molar-refractivity contribution < 1.29 is 0 Å². The second-order valence-corrected chi connectivity index (χ2v) is 4.03. The first-order chi connectivity index (χ1) is 7.17. The number of hydrogen-bond acceptors (Lipinski definition) is 2. The largest absolute Gasteiger partial charge is 0.387 e. The molecule has 0 aliphatic carbocycles. The van der Waals surface area contributed by atoms with Gasteiger partial charge in [-0.15, -0.1) is 0 Å². The molecule has 2 heteroatoms. The van der Waals surface area contributed by atoms with Gasteiger partial charge in [-0.25, -0.2) is 4.99 Å². The van der Waals surface area contributed by atoms with E-state index in [9.17, 15) is 0 Å². The van der Waals surface area contributed by atoms with Gasteiger partial charge in [0.25, 0.3) is 0 Å². The summed E-state index contributed by atoms with van der Waals surface area (Å²) < 4.78 is 0. The zero-order chi connectivity index (χ0) is 11.3. The molecule has 2 N–H and O–H groups in total. The van der Waals surface area contributed by atoms with Crippen molar-refractivity contribution in [2.75, 3.05) is 0 Å². The van der Waals surface area contributed by atoms with Crippen molar-refractivity contribution in [3.8, 4) is 0 Å². The predicted octanol–water partition coefficient (Wildman–Crippen LogP) is 3.18. The third-order valence-corrected chi connectivity index (χ3v) is 2.41. The number of allylic oxidation sites excluding steroid dienone is 5. The smallest absolute Gasteiger partial charge is 0.0999 e. The molecule has 1 heterocycles. The van der Waals surface area contributed by atoms with E-state index in [4.69, 9.17) is 5.73 Å². The summed E-state index contributed by atoms with van der Waals surface area (Å²) in [6, 6.07) is 0. The third kappa shape index (κ3) is 3.39. The lowest BCUT2D eigenvalue weighted by Crippen LogP contribution is -2.14. The van der Waals surface area contributed by atoms with Gasteiger partial charge in [0, 0.05) is 6.42 Å². The Morgan fingerprint density at radius 2 is 1.87 bits per heavy atom. The standard InChI is InChI=1S/C13H20N2/c1-4-6-11-8-10(3)9-13(14)15-12(11)7-5-2/h4-7,10H,8-9H2,1-3H3,(H2,14,15)/b6-4-,7-5-/t10-/m0/s1. The SMILES string of the molecule is C/C=C\C1=C(/C=C\C)N=C(N)C[C@@H](C)C1. The van der Waals surface area contributed by atoms with Gasteiger partial charge in [-0.05, 0) is 37.8 Å². The minimum Gasteiger partial charge on any atom is -0.387 e. The van der Waals surface area contributed by atoms with Crippen LogP contribution in [0, 0.1) is 5.92 Å². The summed E-state index contributed by atoms with van der Waals surface area (Å²) in [7, 11) is 0. The quantitative estimate of drug-likeness (QED) is 0.737. The first kappa shape index (κ1) is 11.8. The van der Waals surface area contributed by atoms with Gasteiger partial charge in [0.1, 0.15) is 0 Å². The second-order valence-electron chi connectivity index (χ2n) is 4.03. The van der Waals surface area contributed by atoms with Crippen molar-refractivity contribution in [1.82, 2.24) is 0 Å². The van der Waals surface area contributed by atoms with E-state index < -0.39 is 0 Å². The first-order valence-electron chi connectivity index (χ1n) is 5.49. The molecule has 0 fully saturated rings. The van der Waals surface area contributed by atoms with E-state index in [0.29, 0.717) is 5.92 Å². The summed E-state index contributed by atoms with van der Waals surface area (Å²) in [6.07, 6.45) is 10.2. The number of rotatable bonds is 2. The minimum atomic E-state index is 0.572. The van der Waals surface area contributed by atoms with Crippen molar-refractivity contribution in [2.24, 2.45) is 16.6 Å². The molecule has 15 heavy (non-hydrogen) atoms. The molecule has 0 saturated heterocycles. The van der Waals surface area contributed by atoms with Crippen LogP contribution in [-0.4, -0.2) is 5.84 Å². The molecule has 0 amide bonds. The maximum absolute atomic E-state index is 5.86. The van der Waals surface area contributed by atoms with Crippen molar-refractivity contribution in [2.45, 2.75) is 33.6 Å². The number of nitrogens with zero attached hydrogens (tertiary/aromatic N) is 1. The highest BCUT2D eigenvalue weighted by atomic mass is 14.9. The Bertz CT molecular complexity index is 332. The Morgan fingerprint density at radius 3 is 2.47 bits per heavy atom. The summed E-state index contributed by atoms with van der Waals surface area (Å²) in [5, 5.41) is 0. The fourth-order valence-electron chi connectivity index (χ4n) is 1.84. The number of nitrogens with two attached hydrogens (primary N) is 1. The van der Waals surface area contributed by atoms with Crippen LogP contribution in [0.25, 0.3) is 0 Å². The molecule has 1 aliphatic heterocycles. The first-order valence-corrected chi connectivity index (χ1v) is 5.49. The predicted molar refractivity (Wildman–Crippen MR) is 66.7 cm³/mol. The Labute approximate surface area is 92.3 Å². The van der Waals surface area contributed by atoms with E-state index in [1.807, 2.05) is 26.0 Å². The van der Waals surface area contributed by atoms with E-state index in [-0.39, 0.29) is 0 Å². The highest BCUT2D eigenvalue weighted by Gasteiger charge is 2.13. The van der Waals surface area contributed by atoms with Gasteiger partial charge in [-0.2, -0.15) is 0 Å². The molecular formula is C13H20N2. The van der Waals surface area contributed by atoms with Gasteiger partial charge < -0.3 is 5.73 Å². The van der Waals surface area contributed by atoms with Crippen molar-refractivity contribution in [3.05, 3.63) is 35.6 Å². The Kier molecular flexibility index (Phi) is 4.35. The average molecular weight is 204 g/mol. The zero-order valence-electron chi connectivity index (χ0n) is 9.83. The number of hydrogen-bond donors (Lipinski definition) is 1. The van der Waals surface area contributed by atoms with Crippen molar-refractivity contribution in [1.29, 1.82) is 0 Å². The summed E-state index contributed by atoms with van der Waals surface area (Å²) in [4.78, 5) is 4.45. The summed E-state index contributed by atoms with van der Waals surface area (Å²) >= 11 is 0. The molecule has 0 spiro atoms. The van der Waals surface area contributed by atoms with E-state index in [0.717, 1.165) is 24.4 Å². The van der Waals surface area contributed by atoms with Crippen LogP contribution in [0.15, 0.2) is 40.6 Å². The summed E-state index contributed by atoms with van der Waals surface area (Å²) in [5.74, 6) is 1.32. The Morgan fingerprint density at radius 1 is 1.20 bits per heavy atom. The maximum Gasteiger partial charge on any atom is 0.0999 e. The fraction of sp³-hybridized carbons (Fsp3) is 0.462. The molecule has 1 aliphatic rings. The van der Waals surface area contributed by atoms with E-state index >= 15 is 0 Å². The normalized spacial score (nSPS) is 23.7. The lowest BCUT2D eigenvalue weighted by molar-refractivity contribution is 0.610. The van der Waals surface area contributed by atoms with Crippen LogP contribution in [0.2, 0.25) is 0 Å². The Hall–Kier alpha value is -1.31. The molecule has 0 radical (unpaired) electrons. The van der Waals surface area contributed by atoms with Crippen LogP contribution in [-0.2, 0) is 0 Å². The highest BCUT2D eigenvalue weighted by Crippen LogP contribution is 2.24. The highest BCUT2D eigenvalue weighted by molar-refractivity contribution is 5.82. The maximum atomic E-state index is 5.86. The van der Waals surface area contributed by atoms with Gasteiger partial charge in [-0.1, -0.05) is 25.2 Å². The van der Waals surface area contributed by atoms with Crippen molar-refractivity contribution >= 4 is 5.84 Å². The summed E-state index contributed by atoms with van der Waals surface area (Å²) in [5.41, 5.74) is 8.15. The monoisotopic (exact) mass is 204 g/mol. The molecule has 1 atom stereocenters. The molecule has 1 rings (SSSR count). The fourth-order valence-corrected chi connectivity index (χ4v) is 1.84. The molecular weight excluding hydrogens is 184 g/mol. The van der Waals surface area contributed by atoms with E-state index in [1.54, 1.807) is 0 Å². The molecule has 0 aromatic carbocycles. The minimum absolute atomic E-state index is 0.572. The topological polar surface area (TPSA) is 38.4 Å². The van der Waals surface area contributed by atoms with Crippen LogP contribution in [0.3, 0.4) is 0 Å². The summed E-state index contributed by atoms with van der Waals surface area (Å²) in [6.45, 7) is 6.24. The molecule has 0 aromatic rings. The molecule has 82 valence electrons. The third-order valence-electron chi connectivity index (χ3n) is 2.41. The molecule has 0 saturated carbocycles. The van der Waals surface area contributed by atoms with Gasteiger partial charge in [0.2, 0.25) is 0 Å². The van der Waals surface area contributed by atoms with Crippen LogP contribution in [0.4, 0.5) is 0 Å². The zero-order valence-corrected chi connectivity index (χ0v) is 9.83. The number of aliphatic imine (C=N–C) groups is 1. The molecule has 0 aromatic heterocycles. The van der Waals surface area contributed by atoms with Crippen molar-refractivity contribution in [3.63, 3.8) is 0 Å². The van der Waals surface area contributed by atoms with Crippen LogP contribution in [0.5, 0.6) is 0 Å². The lowest BCUT2D eigenvalue weighted by atomic mass is 9.97. The van der Waals surface area contributed by atoms with Crippen LogP contribution < -0.4 is 5.73 Å². The second kappa shape index (κ2) is 5.54. The van der Waals surface area contributed by atoms with Crippen LogP contribution in [0.1, 0.15) is 33.6 Å².